The molecule has 120 valence electrons. The molecule has 0 radical (unpaired) electrons. The number of aromatic nitrogens is 1. The van der Waals surface area contributed by atoms with Crippen molar-refractivity contribution in [2.45, 2.75) is 6.42 Å². The van der Waals surface area contributed by atoms with Crippen LogP contribution in [-0.2, 0) is 16.0 Å². The molecule has 0 unspecified atom stereocenters. The number of carbonyl (C=O) groups excluding carboxylic acids is 2. The van der Waals surface area contributed by atoms with Gasteiger partial charge in [0.05, 0.1) is 0 Å². The highest BCUT2D eigenvalue weighted by atomic mass is 35.5. The van der Waals surface area contributed by atoms with E-state index in [1.807, 2.05) is 12.1 Å². The molecule has 1 aromatic carbocycles. The summed E-state index contributed by atoms with van der Waals surface area (Å²) in [6.07, 6.45) is 2.05. The first-order valence-corrected chi connectivity index (χ1v) is 7.60. The lowest BCUT2D eigenvalue weighted by Crippen LogP contribution is -2.30. The second kappa shape index (κ2) is 8.50. The maximum absolute atomic E-state index is 11.7. The standard InChI is InChI=1S/C16H14Cl2N2O3/c17-12-3-1-11(2-4-12)5-7-20-15(21)10-23-16(22)14-9-13(18)6-8-19-14/h1-4,6,8-9H,5,7,10H2,(H,20,21). The average molecular weight is 353 g/mol. The summed E-state index contributed by atoms with van der Waals surface area (Å²) in [5.41, 5.74) is 1.11. The number of hydrogen-bond acceptors (Lipinski definition) is 4. The summed E-state index contributed by atoms with van der Waals surface area (Å²) >= 11 is 11.5. The lowest BCUT2D eigenvalue weighted by molar-refractivity contribution is -0.124. The van der Waals surface area contributed by atoms with E-state index in [1.165, 1.54) is 12.3 Å². The zero-order valence-corrected chi connectivity index (χ0v) is 13.6. The molecule has 0 saturated carbocycles. The van der Waals surface area contributed by atoms with Crippen LogP contribution in [0.3, 0.4) is 0 Å². The molecule has 7 heteroatoms. The van der Waals surface area contributed by atoms with Gasteiger partial charge in [-0.25, -0.2) is 9.78 Å². The van der Waals surface area contributed by atoms with E-state index in [2.05, 4.69) is 10.3 Å². The SMILES string of the molecule is O=C(COC(=O)c1cc(Cl)ccn1)NCCc1ccc(Cl)cc1. The van der Waals surface area contributed by atoms with Crippen molar-refractivity contribution in [1.82, 2.24) is 10.3 Å². The number of nitrogens with one attached hydrogen (secondary N) is 1. The maximum atomic E-state index is 11.7. The number of pyridine rings is 1. The van der Waals surface area contributed by atoms with E-state index in [4.69, 9.17) is 27.9 Å². The molecule has 1 amide bonds. The van der Waals surface area contributed by atoms with Crippen molar-refractivity contribution in [2.24, 2.45) is 0 Å². The molecule has 0 saturated heterocycles. The van der Waals surface area contributed by atoms with E-state index in [-0.39, 0.29) is 18.2 Å². The molecule has 0 fully saturated rings. The van der Waals surface area contributed by atoms with E-state index < -0.39 is 5.97 Å². The summed E-state index contributed by atoms with van der Waals surface area (Å²) in [4.78, 5) is 27.2. The number of hydrogen-bond donors (Lipinski definition) is 1. The molecule has 0 spiro atoms. The van der Waals surface area contributed by atoms with Gasteiger partial charge in [-0.2, -0.15) is 0 Å². The van der Waals surface area contributed by atoms with Gasteiger partial charge in [-0.3, -0.25) is 4.79 Å². The van der Waals surface area contributed by atoms with Gasteiger partial charge < -0.3 is 10.1 Å². The molecule has 23 heavy (non-hydrogen) atoms. The Bertz CT molecular complexity index is 690. The van der Waals surface area contributed by atoms with Gasteiger partial charge in [0.2, 0.25) is 0 Å². The van der Waals surface area contributed by atoms with Crippen molar-refractivity contribution in [1.29, 1.82) is 0 Å². The van der Waals surface area contributed by atoms with E-state index >= 15 is 0 Å². The summed E-state index contributed by atoms with van der Waals surface area (Å²) in [5, 5.41) is 3.71. The number of amides is 1. The van der Waals surface area contributed by atoms with Crippen LogP contribution in [-0.4, -0.2) is 30.0 Å². The molecule has 2 rings (SSSR count). The van der Waals surface area contributed by atoms with Crippen LogP contribution in [0.25, 0.3) is 0 Å². The first-order chi connectivity index (χ1) is 11.0. The van der Waals surface area contributed by atoms with E-state index in [9.17, 15) is 9.59 Å². The van der Waals surface area contributed by atoms with Gasteiger partial charge in [0.25, 0.3) is 5.91 Å². The normalized spacial score (nSPS) is 10.2. The van der Waals surface area contributed by atoms with Gasteiger partial charge in [0.1, 0.15) is 5.69 Å². The summed E-state index contributed by atoms with van der Waals surface area (Å²) in [5.74, 6) is -1.07. The molecule has 0 aliphatic rings. The minimum atomic E-state index is -0.694. The molecule has 1 heterocycles. The number of halogens is 2. The fourth-order valence-electron chi connectivity index (χ4n) is 1.77. The predicted octanol–water partition coefficient (Wildman–Crippen LogP) is 2.90. The first kappa shape index (κ1) is 17.2. The van der Waals surface area contributed by atoms with E-state index in [1.54, 1.807) is 18.2 Å². The van der Waals surface area contributed by atoms with Crippen LogP contribution in [0.15, 0.2) is 42.6 Å². The first-order valence-electron chi connectivity index (χ1n) is 6.84. The minimum absolute atomic E-state index is 0.0615. The van der Waals surface area contributed by atoms with Gasteiger partial charge in [-0.1, -0.05) is 35.3 Å². The van der Waals surface area contributed by atoms with Crippen molar-refractivity contribution in [3.63, 3.8) is 0 Å². The Labute approximate surface area is 143 Å². The second-order valence-corrected chi connectivity index (χ2v) is 5.53. The Kier molecular flexibility index (Phi) is 6.38. The molecule has 0 bridgehead atoms. The van der Waals surface area contributed by atoms with Crippen molar-refractivity contribution in [3.05, 3.63) is 63.9 Å². The number of esters is 1. The molecule has 0 atom stereocenters. The van der Waals surface area contributed by atoms with E-state index in [0.29, 0.717) is 23.0 Å². The van der Waals surface area contributed by atoms with Crippen LogP contribution in [0.1, 0.15) is 16.1 Å². The van der Waals surface area contributed by atoms with Crippen LogP contribution in [0, 0.1) is 0 Å². The summed E-state index contributed by atoms with van der Waals surface area (Å²) in [6.45, 7) is 0.0705. The summed E-state index contributed by atoms with van der Waals surface area (Å²) in [7, 11) is 0. The Morgan fingerprint density at radius 1 is 1.09 bits per heavy atom. The maximum Gasteiger partial charge on any atom is 0.357 e. The quantitative estimate of drug-likeness (QED) is 0.811. The molecule has 0 aliphatic heterocycles. The molecular weight excluding hydrogens is 339 g/mol. The van der Waals surface area contributed by atoms with Gasteiger partial charge in [-0.15, -0.1) is 0 Å². The molecular formula is C16H14Cl2N2O3. The van der Waals surface area contributed by atoms with Gasteiger partial charge in [0, 0.05) is 22.8 Å². The highest BCUT2D eigenvalue weighted by molar-refractivity contribution is 6.31. The smallest absolute Gasteiger partial charge is 0.357 e. The van der Waals surface area contributed by atoms with E-state index in [0.717, 1.165) is 5.56 Å². The number of carbonyl (C=O) groups is 2. The van der Waals surface area contributed by atoms with Crippen molar-refractivity contribution in [3.8, 4) is 0 Å². The molecule has 5 nitrogen and oxygen atoms in total. The fraction of sp³-hybridized carbons (Fsp3) is 0.188. The van der Waals surface area contributed by atoms with Crippen LogP contribution in [0.2, 0.25) is 10.0 Å². The third kappa shape index (κ3) is 5.88. The van der Waals surface area contributed by atoms with Gasteiger partial charge in [0.15, 0.2) is 6.61 Å². The molecule has 1 aromatic heterocycles. The lowest BCUT2D eigenvalue weighted by atomic mass is 10.1. The lowest BCUT2D eigenvalue weighted by Gasteiger charge is -2.06. The Hall–Kier alpha value is -2.11. The van der Waals surface area contributed by atoms with Crippen LogP contribution in [0.5, 0.6) is 0 Å². The molecule has 2 aromatic rings. The third-order valence-electron chi connectivity index (χ3n) is 2.91. The van der Waals surface area contributed by atoms with Crippen LogP contribution in [0.4, 0.5) is 0 Å². The summed E-state index contributed by atoms with van der Waals surface area (Å²) in [6, 6.07) is 10.3. The summed E-state index contributed by atoms with van der Waals surface area (Å²) < 4.78 is 4.87. The van der Waals surface area contributed by atoms with Crippen LogP contribution >= 0.6 is 23.2 Å². The van der Waals surface area contributed by atoms with Crippen molar-refractivity contribution < 1.29 is 14.3 Å². The molecule has 1 N–H and O–H groups in total. The van der Waals surface area contributed by atoms with Gasteiger partial charge in [-0.05, 0) is 36.2 Å². The minimum Gasteiger partial charge on any atom is -0.451 e. The zero-order chi connectivity index (χ0) is 16.7. The van der Waals surface area contributed by atoms with Crippen molar-refractivity contribution >= 4 is 35.1 Å². The number of rotatable bonds is 6. The highest BCUT2D eigenvalue weighted by Crippen LogP contribution is 2.10. The zero-order valence-electron chi connectivity index (χ0n) is 12.1. The topological polar surface area (TPSA) is 68.3 Å². The Morgan fingerprint density at radius 3 is 2.52 bits per heavy atom. The monoisotopic (exact) mass is 352 g/mol. The fourth-order valence-corrected chi connectivity index (χ4v) is 2.06. The highest BCUT2D eigenvalue weighted by Gasteiger charge is 2.11. The Morgan fingerprint density at radius 2 is 1.83 bits per heavy atom. The van der Waals surface area contributed by atoms with Gasteiger partial charge >= 0.3 is 5.97 Å². The number of ether oxygens (including phenoxy) is 1. The second-order valence-electron chi connectivity index (χ2n) is 4.66. The largest absolute Gasteiger partial charge is 0.451 e. The Balaban J connectivity index is 1.70. The van der Waals surface area contributed by atoms with Crippen LogP contribution < -0.4 is 5.32 Å². The number of benzene rings is 1. The van der Waals surface area contributed by atoms with Crippen molar-refractivity contribution in [2.75, 3.05) is 13.2 Å². The predicted molar refractivity (Wildman–Crippen MR) is 87.7 cm³/mol. The number of nitrogens with zero attached hydrogens (tertiary/aromatic N) is 1. The third-order valence-corrected chi connectivity index (χ3v) is 3.40. The average Bonchev–Trinajstić information content (AvgIpc) is 2.54. The molecule has 0 aliphatic carbocycles.